The van der Waals surface area contributed by atoms with Gasteiger partial charge >= 0.3 is 0 Å². The van der Waals surface area contributed by atoms with Crippen molar-refractivity contribution >= 4 is 5.76 Å². The molecule has 0 radical (unpaired) electrons. The molecule has 1 heteroatoms. The highest BCUT2D eigenvalue weighted by Gasteiger charge is 2.22. The van der Waals surface area contributed by atoms with Crippen LogP contribution >= 0.6 is 0 Å². The van der Waals surface area contributed by atoms with E-state index in [0.29, 0.717) is 0 Å². The molecule has 0 spiro atoms. The molecule has 0 atom stereocenters. The molecule has 1 heterocycles. The number of ether oxygens (including phenoxy) is 1. The molecule has 0 saturated heterocycles. The average Bonchev–Trinajstić information content (AvgIpc) is 2.85. The standard InChI is InChI=1S/C10H8O/c1-2-9-10(11-9)8-6-4-3-5-7-8/h2-7H,1H2. The van der Waals surface area contributed by atoms with Gasteiger partial charge in [-0.05, 0) is 6.08 Å². The third kappa shape index (κ3) is 1.05. The van der Waals surface area contributed by atoms with Crippen LogP contribution in [0.5, 0.6) is 0 Å². The summed E-state index contributed by atoms with van der Waals surface area (Å²) >= 11 is 0. The fourth-order valence-electron chi connectivity index (χ4n) is 1.01. The monoisotopic (exact) mass is 144 g/mol. The van der Waals surface area contributed by atoms with Crippen LogP contribution in [0.2, 0.25) is 0 Å². The van der Waals surface area contributed by atoms with Crippen LogP contribution in [0.4, 0.5) is 0 Å². The first-order valence-corrected chi connectivity index (χ1v) is 3.52. The minimum absolute atomic E-state index is 0.899. The maximum absolute atomic E-state index is 5.17. The van der Waals surface area contributed by atoms with Crippen LogP contribution in [0.15, 0.2) is 48.7 Å². The maximum Gasteiger partial charge on any atom is 0.177 e. The predicted octanol–water partition coefficient (Wildman–Crippen LogP) is 2.57. The smallest absolute Gasteiger partial charge is 0.177 e. The minimum atomic E-state index is 0.899. The zero-order chi connectivity index (χ0) is 7.68. The third-order valence-corrected chi connectivity index (χ3v) is 1.62. The van der Waals surface area contributed by atoms with Crippen LogP contribution in [-0.4, -0.2) is 0 Å². The highest BCUT2D eigenvalue weighted by Crippen LogP contribution is 2.35. The molecule has 0 aliphatic carbocycles. The molecule has 0 aromatic heterocycles. The second-order valence-corrected chi connectivity index (χ2v) is 2.37. The van der Waals surface area contributed by atoms with Crippen molar-refractivity contribution < 1.29 is 4.74 Å². The van der Waals surface area contributed by atoms with Gasteiger partial charge in [-0.1, -0.05) is 36.9 Å². The first-order chi connectivity index (χ1) is 5.42. The van der Waals surface area contributed by atoms with Crippen LogP contribution < -0.4 is 0 Å². The van der Waals surface area contributed by atoms with Gasteiger partial charge in [0.25, 0.3) is 0 Å². The normalized spacial score (nSPS) is 14.2. The first-order valence-electron chi connectivity index (χ1n) is 3.52. The number of benzene rings is 1. The number of hydrogen-bond acceptors (Lipinski definition) is 1. The van der Waals surface area contributed by atoms with Gasteiger partial charge in [-0.15, -0.1) is 0 Å². The Morgan fingerprint density at radius 2 is 1.91 bits per heavy atom. The highest BCUT2D eigenvalue weighted by atomic mass is 16.6. The number of rotatable bonds is 2. The Hall–Kier alpha value is -1.50. The van der Waals surface area contributed by atoms with Gasteiger partial charge in [0.15, 0.2) is 11.5 Å². The van der Waals surface area contributed by atoms with Crippen LogP contribution in [0.25, 0.3) is 5.76 Å². The zero-order valence-corrected chi connectivity index (χ0v) is 6.08. The SMILES string of the molecule is C=CC1=C(c2ccccc2)O1. The molecule has 0 N–H and O–H groups in total. The molecule has 0 fully saturated rings. The molecule has 1 aliphatic heterocycles. The van der Waals surface area contributed by atoms with Crippen molar-refractivity contribution in [1.29, 1.82) is 0 Å². The second kappa shape index (κ2) is 2.27. The van der Waals surface area contributed by atoms with Crippen molar-refractivity contribution in [3.8, 4) is 0 Å². The fraction of sp³-hybridized carbons (Fsp3) is 0. The lowest BCUT2D eigenvalue weighted by Gasteiger charge is -1.86. The summed E-state index contributed by atoms with van der Waals surface area (Å²) in [5, 5.41) is 0. The molecule has 1 aromatic rings. The van der Waals surface area contributed by atoms with Crippen molar-refractivity contribution in [1.82, 2.24) is 0 Å². The van der Waals surface area contributed by atoms with Gasteiger partial charge in [0.05, 0.1) is 0 Å². The van der Waals surface area contributed by atoms with Gasteiger partial charge < -0.3 is 4.74 Å². The van der Waals surface area contributed by atoms with E-state index >= 15 is 0 Å². The molecular weight excluding hydrogens is 136 g/mol. The zero-order valence-electron chi connectivity index (χ0n) is 6.08. The Kier molecular flexibility index (Phi) is 1.29. The van der Waals surface area contributed by atoms with Gasteiger partial charge in [-0.3, -0.25) is 0 Å². The number of hydrogen-bond donors (Lipinski definition) is 0. The summed E-state index contributed by atoms with van der Waals surface area (Å²) < 4.78 is 5.17. The van der Waals surface area contributed by atoms with E-state index in [1.807, 2.05) is 30.3 Å². The molecule has 54 valence electrons. The van der Waals surface area contributed by atoms with Crippen molar-refractivity contribution in [3.63, 3.8) is 0 Å². The van der Waals surface area contributed by atoms with E-state index in [9.17, 15) is 0 Å². The Morgan fingerprint density at radius 1 is 1.18 bits per heavy atom. The Bertz CT molecular complexity index is 309. The molecule has 0 unspecified atom stereocenters. The molecule has 0 amide bonds. The second-order valence-electron chi connectivity index (χ2n) is 2.37. The van der Waals surface area contributed by atoms with E-state index in [0.717, 1.165) is 17.1 Å². The predicted molar refractivity (Wildman–Crippen MR) is 44.6 cm³/mol. The van der Waals surface area contributed by atoms with Gasteiger partial charge in [-0.25, -0.2) is 0 Å². The van der Waals surface area contributed by atoms with Gasteiger partial charge in [0.2, 0.25) is 0 Å². The summed E-state index contributed by atoms with van der Waals surface area (Å²) in [6.45, 7) is 3.62. The topological polar surface area (TPSA) is 12.5 Å². The largest absolute Gasteiger partial charge is 0.449 e. The van der Waals surface area contributed by atoms with Crippen molar-refractivity contribution in [2.75, 3.05) is 0 Å². The van der Waals surface area contributed by atoms with E-state index < -0.39 is 0 Å². The molecular formula is C10H8O. The molecule has 0 bridgehead atoms. The quantitative estimate of drug-likeness (QED) is 0.621. The van der Waals surface area contributed by atoms with Crippen LogP contribution in [0, 0.1) is 0 Å². The van der Waals surface area contributed by atoms with E-state index in [1.54, 1.807) is 6.08 Å². The van der Waals surface area contributed by atoms with Crippen molar-refractivity contribution in [2.24, 2.45) is 0 Å². The van der Waals surface area contributed by atoms with E-state index in [1.165, 1.54) is 0 Å². The lowest BCUT2D eigenvalue weighted by Crippen LogP contribution is -1.69. The van der Waals surface area contributed by atoms with E-state index in [2.05, 4.69) is 6.58 Å². The summed E-state index contributed by atoms with van der Waals surface area (Å²) in [6.07, 6.45) is 1.72. The summed E-state index contributed by atoms with van der Waals surface area (Å²) in [5.74, 6) is 1.86. The summed E-state index contributed by atoms with van der Waals surface area (Å²) in [4.78, 5) is 0. The molecule has 1 nitrogen and oxygen atoms in total. The van der Waals surface area contributed by atoms with Gasteiger partial charge in [0.1, 0.15) is 0 Å². The minimum Gasteiger partial charge on any atom is -0.449 e. The summed E-state index contributed by atoms with van der Waals surface area (Å²) in [5.41, 5.74) is 1.13. The molecule has 11 heavy (non-hydrogen) atoms. The molecule has 1 aliphatic rings. The number of allylic oxidation sites excluding steroid dienone is 1. The Balaban J connectivity index is 2.34. The molecule has 2 rings (SSSR count). The Morgan fingerprint density at radius 3 is 2.45 bits per heavy atom. The van der Waals surface area contributed by atoms with Crippen molar-refractivity contribution in [2.45, 2.75) is 0 Å². The molecule has 1 aromatic carbocycles. The first kappa shape index (κ1) is 6.23. The lowest BCUT2D eigenvalue weighted by atomic mass is 10.2. The van der Waals surface area contributed by atoms with Crippen LogP contribution in [0.1, 0.15) is 5.56 Å². The Labute approximate surface area is 65.6 Å². The fourth-order valence-corrected chi connectivity index (χ4v) is 1.01. The van der Waals surface area contributed by atoms with Crippen LogP contribution in [0.3, 0.4) is 0 Å². The van der Waals surface area contributed by atoms with Gasteiger partial charge in [0, 0.05) is 5.56 Å². The van der Waals surface area contributed by atoms with Crippen molar-refractivity contribution in [3.05, 3.63) is 54.3 Å². The third-order valence-electron chi connectivity index (χ3n) is 1.62. The van der Waals surface area contributed by atoms with Crippen LogP contribution in [-0.2, 0) is 4.74 Å². The van der Waals surface area contributed by atoms with E-state index in [4.69, 9.17) is 4.74 Å². The molecule has 0 saturated carbocycles. The summed E-state index contributed by atoms with van der Waals surface area (Å²) in [6, 6.07) is 10.0. The maximum atomic E-state index is 5.17. The van der Waals surface area contributed by atoms with Gasteiger partial charge in [-0.2, -0.15) is 0 Å². The lowest BCUT2D eigenvalue weighted by molar-refractivity contribution is 0.536. The highest BCUT2D eigenvalue weighted by molar-refractivity contribution is 5.73. The average molecular weight is 144 g/mol. The summed E-state index contributed by atoms with van der Waals surface area (Å²) in [7, 11) is 0. The van der Waals surface area contributed by atoms with E-state index in [-0.39, 0.29) is 0 Å².